The molecule has 134 valence electrons. The molecule has 6 heteroatoms. The van der Waals surface area contributed by atoms with Crippen LogP contribution in [0.1, 0.15) is 32.8 Å². The molecule has 0 aromatic heterocycles. The minimum absolute atomic E-state index is 0.0180. The van der Waals surface area contributed by atoms with Crippen LogP contribution in [0.25, 0.3) is 0 Å². The first-order valence-corrected chi connectivity index (χ1v) is 8.28. The highest BCUT2D eigenvalue weighted by Gasteiger charge is 2.08. The number of ether oxygens (including phenoxy) is 2. The van der Waals surface area contributed by atoms with Gasteiger partial charge in [0.05, 0.1) is 19.1 Å². The fourth-order valence-electron chi connectivity index (χ4n) is 2.01. The van der Waals surface area contributed by atoms with E-state index in [-0.39, 0.29) is 18.2 Å². The van der Waals surface area contributed by atoms with E-state index < -0.39 is 0 Å². The Bertz CT molecular complexity index is 544. The summed E-state index contributed by atoms with van der Waals surface area (Å²) in [6.45, 7) is 8.75. The number of hydrogen-bond donors (Lipinski definition) is 2. The summed E-state index contributed by atoms with van der Waals surface area (Å²) in [5.74, 6) is 1.29. The average molecular weight is 335 g/mol. The Morgan fingerprint density at radius 3 is 2.54 bits per heavy atom. The van der Waals surface area contributed by atoms with Crippen molar-refractivity contribution in [2.24, 2.45) is 4.99 Å². The third-order valence-electron chi connectivity index (χ3n) is 3.19. The van der Waals surface area contributed by atoms with E-state index in [1.165, 1.54) is 0 Å². The molecule has 0 fully saturated rings. The molecule has 2 N–H and O–H groups in total. The zero-order chi connectivity index (χ0) is 17.9. The summed E-state index contributed by atoms with van der Waals surface area (Å²) >= 11 is 0. The van der Waals surface area contributed by atoms with Crippen molar-refractivity contribution in [2.75, 3.05) is 20.1 Å². The second-order valence-electron chi connectivity index (χ2n) is 5.86. The minimum Gasteiger partial charge on any atom is -0.489 e. The smallest absolute Gasteiger partial charge is 0.307 e. The molecule has 6 nitrogen and oxygen atoms in total. The third-order valence-corrected chi connectivity index (χ3v) is 3.19. The van der Waals surface area contributed by atoms with Crippen LogP contribution in [0.3, 0.4) is 0 Å². The normalized spacial score (nSPS) is 12.7. The molecule has 0 aliphatic rings. The summed E-state index contributed by atoms with van der Waals surface area (Å²) in [5.41, 5.74) is 1.11. The van der Waals surface area contributed by atoms with Gasteiger partial charge in [-0.3, -0.25) is 9.79 Å². The van der Waals surface area contributed by atoms with E-state index in [1.807, 2.05) is 52.0 Å². The summed E-state index contributed by atoms with van der Waals surface area (Å²) in [5, 5.41) is 6.27. The maximum Gasteiger partial charge on any atom is 0.307 e. The number of hydrogen-bond acceptors (Lipinski definition) is 4. The molecular formula is C18H29N3O3. The van der Waals surface area contributed by atoms with Gasteiger partial charge in [0, 0.05) is 13.6 Å². The fraction of sp³-hybridized carbons (Fsp3) is 0.556. The number of para-hydroxylation sites is 1. The van der Waals surface area contributed by atoms with Gasteiger partial charge in [-0.15, -0.1) is 0 Å². The lowest BCUT2D eigenvalue weighted by Crippen LogP contribution is -2.42. The molecule has 0 saturated carbocycles. The summed E-state index contributed by atoms with van der Waals surface area (Å²) in [4.78, 5) is 15.6. The summed E-state index contributed by atoms with van der Waals surface area (Å²) in [6.07, 6.45) is 0.193. The topological polar surface area (TPSA) is 72.0 Å². The monoisotopic (exact) mass is 335 g/mol. The number of esters is 1. The number of carbonyl (C=O) groups excluding carboxylic acids is 1. The first kappa shape index (κ1) is 19.8. The highest BCUT2D eigenvalue weighted by atomic mass is 16.5. The standard InChI is InChI=1S/C18H29N3O3/c1-13(2)23-17(22)10-11-20-18(19-5)21-12-15(4)24-16-9-7-6-8-14(16)3/h6-9,13,15H,10-12H2,1-5H3,(H2,19,20,21). The van der Waals surface area contributed by atoms with E-state index in [4.69, 9.17) is 9.47 Å². The Kier molecular flexibility index (Phi) is 8.68. The van der Waals surface area contributed by atoms with Crippen molar-refractivity contribution in [3.63, 3.8) is 0 Å². The van der Waals surface area contributed by atoms with Gasteiger partial charge in [0.25, 0.3) is 0 Å². The van der Waals surface area contributed by atoms with Crippen molar-refractivity contribution in [3.05, 3.63) is 29.8 Å². The number of nitrogens with zero attached hydrogens (tertiary/aromatic N) is 1. The second kappa shape index (κ2) is 10.5. The van der Waals surface area contributed by atoms with E-state index in [0.717, 1.165) is 11.3 Å². The molecular weight excluding hydrogens is 306 g/mol. The van der Waals surface area contributed by atoms with Crippen molar-refractivity contribution in [3.8, 4) is 5.75 Å². The van der Waals surface area contributed by atoms with Gasteiger partial charge < -0.3 is 20.1 Å². The first-order valence-electron chi connectivity index (χ1n) is 8.28. The van der Waals surface area contributed by atoms with Crippen molar-refractivity contribution in [2.45, 2.75) is 46.3 Å². The van der Waals surface area contributed by atoms with Crippen molar-refractivity contribution < 1.29 is 14.3 Å². The fourth-order valence-corrected chi connectivity index (χ4v) is 2.01. The summed E-state index contributed by atoms with van der Waals surface area (Å²) in [6, 6.07) is 7.92. The number of nitrogens with one attached hydrogen (secondary N) is 2. The zero-order valence-corrected chi connectivity index (χ0v) is 15.3. The Morgan fingerprint density at radius 1 is 1.21 bits per heavy atom. The van der Waals surface area contributed by atoms with E-state index in [2.05, 4.69) is 15.6 Å². The highest BCUT2D eigenvalue weighted by molar-refractivity contribution is 5.80. The number of rotatable bonds is 8. The minimum atomic E-state index is -0.218. The third kappa shape index (κ3) is 7.85. The summed E-state index contributed by atoms with van der Waals surface area (Å²) < 4.78 is 11.0. The van der Waals surface area contributed by atoms with Crippen LogP contribution in [0.4, 0.5) is 0 Å². The highest BCUT2D eigenvalue weighted by Crippen LogP contribution is 2.17. The van der Waals surface area contributed by atoms with Crippen molar-refractivity contribution >= 4 is 11.9 Å². The predicted molar refractivity (Wildman–Crippen MR) is 96.5 cm³/mol. The van der Waals surface area contributed by atoms with Crippen LogP contribution in [0, 0.1) is 6.92 Å². The van der Waals surface area contributed by atoms with Crippen LogP contribution in [-0.4, -0.2) is 44.3 Å². The van der Waals surface area contributed by atoms with Crippen LogP contribution >= 0.6 is 0 Å². The van der Waals surface area contributed by atoms with Gasteiger partial charge in [-0.05, 0) is 39.3 Å². The lowest BCUT2D eigenvalue weighted by molar-refractivity contribution is -0.147. The van der Waals surface area contributed by atoms with Crippen molar-refractivity contribution in [1.82, 2.24) is 10.6 Å². The molecule has 0 spiro atoms. The molecule has 0 radical (unpaired) electrons. The lowest BCUT2D eigenvalue weighted by Gasteiger charge is -2.18. The molecule has 1 aromatic carbocycles. The number of aliphatic imine (C=N–C) groups is 1. The largest absolute Gasteiger partial charge is 0.489 e. The molecule has 0 aliphatic heterocycles. The molecule has 1 aromatic rings. The first-order chi connectivity index (χ1) is 11.4. The SMILES string of the molecule is CN=C(NCCC(=O)OC(C)C)NCC(C)Oc1ccccc1C. The maximum atomic E-state index is 11.5. The van der Waals surface area contributed by atoms with E-state index in [0.29, 0.717) is 25.5 Å². The molecule has 1 rings (SSSR count). The van der Waals surface area contributed by atoms with Gasteiger partial charge in [-0.1, -0.05) is 18.2 Å². The molecule has 24 heavy (non-hydrogen) atoms. The van der Waals surface area contributed by atoms with Gasteiger partial charge in [0.1, 0.15) is 11.9 Å². The molecule has 0 heterocycles. The molecule has 1 unspecified atom stereocenters. The maximum absolute atomic E-state index is 11.5. The Labute approximate surface area is 144 Å². The number of benzene rings is 1. The van der Waals surface area contributed by atoms with Crippen LogP contribution < -0.4 is 15.4 Å². The van der Waals surface area contributed by atoms with Crippen molar-refractivity contribution in [1.29, 1.82) is 0 Å². The van der Waals surface area contributed by atoms with E-state index in [1.54, 1.807) is 7.05 Å². The second-order valence-corrected chi connectivity index (χ2v) is 5.86. The quantitative estimate of drug-likeness (QED) is 0.433. The number of aryl methyl sites for hydroxylation is 1. The van der Waals surface area contributed by atoms with E-state index in [9.17, 15) is 4.79 Å². The average Bonchev–Trinajstić information content (AvgIpc) is 2.52. The molecule has 1 atom stereocenters. The molecule has 0 aliphatic carbocycles. The van der Waals surface area contributed by atoms with Crippen LogP contribution in [-0.2, 0) is 9.53 Å². The van der Waals surface area contributed by atoms with Gasteiger partial charge in [-0.25, -0.2) is 0 Å². The zero-order valence-electron chi connectivity index (χ0n) is 15.3. The molecule has 0 saturated heterocycles. The van der Waals surface area contributed by atoms with Gasteiger partial charge >= 0.3 is 5.97 Å². The number of guanidine groups is 1. The predicted octanol–water partition coefficient (Wildman–Crippen LogP) is 2.27. The van der Waals surface area contributed by atoms with Gasteiger partial charge in [0.2, 0.25) is 0 Å². The van der Waals surface area contributed by atoms with Crippen LogP contribution in [0.5, 0.6) is 5.75 Å². The molecule has 0 bridgehead atoms. The summed E-state index contributed by atoms with van der Waals surface area (Å²) in [7, 11) is 1.69. The van der Waals surface area contributed by atoms with Gasteiger partial charge in [0.15, 0.2) is 5.96 Å². The van der Waals surface area contributed by atoms with Crippen LogP contribution in [0.15, 0.2) is 29.3 Å². The van der Waals surface area contributed by atoms with Crippen LogP contribution in [0.2, 0.25) is 0 Å². The van der Waals surface area contributed by atoms with E-state index >= 15 is 0 Å². The Hall–Kier alpha value is -2.24. The van der Waals surface area contributed by atoms with Gasteiger partial charge in [-0.2, -0.15) is 0 Å². The lowest BCUT2D eigenvalue weighted by atomic mass is 10.2. The number of carbonyl (C=O) groups is 1. The Balaban J connectivity index is 2.31. The molecule has 0 amide bonds. The Morgan fingerprint density at radius 2 is 1.92 bits per heavy atom.